The summed E-state index contributed by atoms with van der Waals surface area (Å²) in [6.45, 7) is 1.44. The first-order valence-corrected chi connectivity index (χ1v) is 11.1. The van der Waals surface area contributed by atoms with E-state index in [-0.39, 0.29) is 24.3 Å². The molecule has 1 aromatic carbocycles. The molecule has 0 saturated carbocycles. The second-order valence-corrected chi connectivity index (χ2v) is 8.91. The number of aromatic nitrogens is 1. The molecule has 2 aromatic rings. The van der Waals surface area contributed by atoms with Crippen LogP contribution in [0.1, 0.15) is 19.3 Å². The van der Waals surface area contributed by atoms with Gasteiger partial charge in [-0.15, -0.1) is 0 Å². The maximum absolute atomic E-state index is 12.7. The van der Waals surface area contributed by atoms with E-state index in [1.54, 1.807) is 24.4 Å². The van der Waals surface area contributed by atoms with Crippen molar-refractivity contribution in [1.29, 1.82) is 0 Å². The zero-order chi connectivity index (χ0) is 20.3. The van der Waals surface area contributed by atoms with Crippen LogP contribution in [0.5, 0.6) is 0 Å². The van der Waals surface area contributed by atoms with Crippen molar-refractivity contribution in [1.82, 2.24) is 9.47 Å². The topological polar surface area (TPSA) is 97.7 Å². The Labute approximate surface area is 164 Å². The van der Waals surface area contributed by atoms with Crippen LogP contribution < -0.4 is 4.72 Å². The van der Waals surface area contributed by atoms with Crippen LogP contribution in [-0.2, 0) is 30.9 Å². The summed E-state index contributed by atoms with van der Waals surface area (Å²) in [6, 6.07) is 7.12. The van der Waals surface area contributed by atoms with Gasteiger partial charge in [-0.1, -0.05) is 6.07 Å². The number of sulfonamides is 1. The van der Waals surface area contributed by atoms with Gasteiger partial charge in [-0.25, -0.2) is 8.42 Å². The van der Waals surface area contributed by atoms with E-state index in [4.69, 9.17) is 4.74 Å². The third-order valence-corrected chi connectivity index (χ3v) is 5.66. The molecule has 2 heterocycles. The van der Waals surface area contributed by atoms with Crippen LogP contribution in [0.4, 0.5) is 5.69 Å². The lowest BCUT2D eigenvalue weighted by atomic mass is 9.93. The number of hydrogen-bond donors (Lipinski definition) is 1. The highest BCUT2D eigenvalue weighted by Gasteiger charge is 2.25. The van der Waals surface area contributed by atoms with E-state index < -0.39 is 10.0 Å². The van der Waals surface area contributed by atoms with Gasteiger partial charge < -0.3 is 14.2 Å². The summed E-state index contributed by atoms with van der Waals surface area (Å²) in [5.74, 6) is 0.0612. The van der Waals surface area contributed by atoms with Crippen LogP contribution in [0.2, 0.25) is 0 Å². The number of nitrogens with zero attached hydrogens (tertiary/aromatic N) is 2. The number of piperidine rings is 1. The number of carbonyl (C=O) groups is 2. The van der Waals surface area contributed by atoms with Crippen molar-refractivity contribution in [3.05, 3.63) is 30.5 Å². The van der Waals surface area contributed by atoms with Crippen molar-refractivity contribution >= 4 is 38.5 Å². The summed E-state index contributed by atoms with van der Waals surface area (Å²) < 4.78 is 32.1. The Morgan fingerprint density at radius 2 is 1.93 bits per heavy atom. The highest BCUT2D eigenvalue weighted by molar-refractivity contribution is 7.92. The fourth-order valence-electron chi connectivity index (χ4n) is 3.60. The van der Waals surface area contributed by atoms with E-state index in [9.17, 15) is 18.0 Å². The predicted octanol–water partition coefficient (Wildman–Crippen LogP) is 1.81. The molecule has 9 heteroatoms. The van der Waals surface area contributed by atoms with E-state index in [1.807, 2.05) is 15.5 Å². The first kappa shape index (κ1) is 20.2. The minimum atomic E-state index is -3.38. The minimum Gasteiger partial charge on any atom is -0.469 e. The van der Waals surface area contributed by atoms with E-state index in [1.165, 1.54) is 7.11 Å². The normalized spacial score (nSPS) is 15.6. The number of amides is 1. The summed E-state index contributed by atoms with van der Waals surface area (Å²) in [4.78, 5) is 25.9. The molecule has 1 aliphatic rings. The molecule has 0 spiro atoms. The van der Waals surface area contributed by atoms with Gasteiger partial charge in [-0.2, -0.15) is 0 Å². The maximum Gasteiger partial charge on any atom is 0.305 e. The zero-order valence-electron chi connectivity index (χ0n) is 16.1. The van der Waals surface area contributed by atoms with Gasteiger partial charge in [0, 0.05) is 31.1 Å². The molecule has 28 heavy (non-hydrogen) atoms. The monoisotopic (exact) mass is 407 g/mol. The van der Waals surface area contributed by atoms with Crippen molar-refractivity contribution in [3.8, 4) is 0 Å². The SMILES string of the molecule is COC(=O)CC1CCN(C(=O)Cn2ccc3c(NS(C)(=O)=O)cccc32)CC1. The van der Waals surface area contributed by atoms with E-state index in [2.05, 4.69) is 4.72 Å². The fraction of sp³-hybridized carbons (Fsp3) is 0.474. The number of rotatable bonds is 6. The molecule has 1 saturated heterocycles. The van der Waals surface area contributed by atoms with Crippen molar-refractivity contribution in [2.24, 2.45) is 5.92 Å². The van der Waals surface area contributed by atoms with Crippen LogP contribution in [0.25, 0.3) is 10.9 Å². The predicted molar refractivity (Wildman–Crippen MR) is 106 cm³/mol. The lowest BCUT2D eigenvalue weighted by Crippen LogP contribution is -2.40. The molecule has 152 valence electrons. The number of esters is 1. The molecule has 1 N–H and O–H groups in total. The summed E-state index contributed by atoms with van der Waals surface area (Å²) in [5, 5.41) is 0.748. The maximum atomic E-state index is 12.7. The number of likely N-dealkylation sites (tertiary alicyclic amines) is 1. The van der Waals surface area contributed by atoms with Crippen molar-refractivity contribution in [2.75, 3.05) is 31.2 Å². The summed E-state index contributed by atoms with van der Waals surface area (Å²) in [5.41, 5.74) is 1.29. The number of methoxy groups -OCH3 is 1. The lowest BCUT2D eigenvalue weighted by Gasteiger charge is -2.31. The lowest BCUT2D eigenvalue weighted by molar-refractivity contribution is -0.142. The minimum absolute atomic E-state index is 0.00972. The molecule has 8 nitrogen and oxygen atoms in total. The summed E-state index contributed by atoms with van der Waals surface area (Å²) in [7, 11) is -1.99. The number of fused-ring (bicyclic) bond motifs is 1. The Morgan fingerprint density at radius 1 is 1.21 bits per heavy atom. The zero-order valence-corrected chi connectivity index (χ0v) is 16.9. The molecule has 3 rings (SSSR count). The molecule has 0 bridgehead atoms. The average molecular weight is 407 g/mol. The number of anilines is 1. The number of carbonyl (C=O) groups excluding carboxylic acids is 2. The molecule has 1 aromatic heterocycles. The van der Waals surface area contributed by atoms with E-state index >= 15 is 0 Å². The van der Waals surface area contributed by atoms with Crippen molar-refractivity contribution in [3.63, 3.8) is 0 Å². The van der Waals surface area contributed by atoms with Gasteiger partial charge in [-0.3, -0.25) is 14.3 Å². The largest absolute Gasteiger partial charge is 0.469 e. The molecule has 0 radical (unpaired) electrons. The second kappa shape index (κ2) is 8.22. The third-order valence-electron chi connectivity index (χ3n) is 5.06. The Kier molecular flexibility index (Phi) is 5.93. The molecule has 1 aliphatic heterocycles. The van der Waals surface area contributed by atoms with Gasteiger partial charge in [0.2, 0.25) is 15.9 Å². The standard InChI is InChI=1S/C19H25N3O5S/c1-27-19(24)12-14-6-9-21(10-7-14)18(23)13-22-11-8-15-16(20-28(2,25)26)4-3-5-17(15)22/h3-5,8,11,14,20H,6-7,9-10,12-13H2,1-2H3. The number of ether oxygens (including phenoxy) is 1. The molecule has 1 amide bonds. The average Bonchev–Trinajstić information content (AvgIpc) is 3.05. The van der Waals surface area contributed by atoms with Crippen molar-refractivity contribution in [2.45, 2.75) is 25.8 Å². The molecular formula is C19H25N3O5S. The molecule has 0 unspecified atom stereocenters. The number of nitrogens with one attached hydrogen (secondary N) is 1. The highest BCUT2D eigenvalue weighted by Crippen LogP contribution is 2.26. The van der Waals surface area contributed by atoms with E-state index in [0.717, 1.165) is 30.0 Å². The smallest absolute Gasteiger partial charge is 0.305 e. The summed E-state index contributed by atoms with van der Waals surface area (Å²) in [6.07, 6.45) is 4.87. The number of benzene rings is 1. The Bertz CT molecular complexity index is 975. The van der Waals surface area contributed by atoms with Crippen LogP contribution in [0, 0.1) is 5.92 Å². The highest BCUT2D eigenvalue weighted by atomic mass is 32.2. The number of hydrogen-bond acceptors (Lipinski definition) is 5. The van der Waals surface area contributed by atoms with Gasteiger partial charge in [0.1, 0.15) is 6.54 Å². The van der Waals surface area contributed by atoms with Crippen LogP contribution in [0.3, 0.4) is 0 Å². The van der Waals surface area contributed by atoms with E-state index in [0.29, 0.717) is 25.2 Å². The molecular weight excluding hydrogens is 382 g/mol. The third kappa shape index (κ3) is 4.83. The van der Waals surface area contributed by atoms with Gasteiger partial charge in [0.25, 0.3) is 0 Å². The molecule has 0 atom stereocenters. The first-order chi connectivity index (χ1) is 13.3. The Morgan fingerprint density at radius 3 is 2.57 bits per heavy atom. The Balaban J connectivity index is 1.66. The molecule has 0 aliphatic carbocycles. The second-order valence-electron chi connectivity index (χ2n) is 7.16. The van der Waals surface area contributed by atoms with Crippen LogP contribution >= 0.6 is 0 Å². The fourth-order valence-corrected chi connectivity index (χ4v) is 4.18. The van der Waals surface area contributed by atoms with Gasteiger partial charge >= 0.3 is 5.97 Å². The van der Waals surface area contributed by atoms with Crippen LogP contribution in [-0.4, -0.2) is 56.2 Å². The first-order valence-electron chi connectivity index (χ1n) is 9.17. The van der Waals surface area contributed by atoms with Gasteiger partial charge in [0.15, 0.2) is 0 Å². The Hall–Kier alpha value is -2.55. The van der Waals surface area contributed by atoms with Crippen LogP contribution in [0.15, 0.2) is 30.5 Å². The summed E-state index contributed by atoms with van der Waals surface area (Å²) >= 11 is 0. The van der Waals surface area contributed by atoms with Gasteiger partial charge in [0.05, 0.1) is 24.6 Å². The molecule has 1 fully saturated rings. The van der Waals surface area contributed by atoms with Crippen molar-refractivity contribution < 1.29 is 22.7 Å². The quantitative estimate of drug-likeness (QED) is 0.737. The van der Waals surface area contributed by atoms with Gasteiger partial charge in [-0.05, 0) is 37.0 Å².